The van der Waals surface area contributed by atoms with E-state index in [4.69, 9.17) is 31.2 Å². The normalized spacial score (nSPS) is 13.8. The number of halogens is 1. The predicted octanol–water partition coefficient (Wildman–Crippen LogP) is 0.398. The molecule has 9 heteroatoms. The molecule has 0 aromatic heterocycles. The van der Waals surface area contributed by atoms with E-state index in [1.54, 1.807) is 0 Å². The summed E-state index contributed by atoms with van der Waals surface area (Å²) in [7, 11) is -2.87. The van der Waals surface area contributed by atoms with Crippen LogP contribution in [0.2, 0.25) is 0 Å². The minimum absolute atomic E-state index is 0.148. The average molecular weight is 261 g/mol. The molecule has 0 radical (unpaired) electrons. The highest BCUT2D eigenvalue weighted by Gasteiger charge is 2.26. The molecule has 1 heterocycles. The molecule has 0 aromatic rings. The van der Waals surface area contributed by atoms with E-state index in [9.17, 15) is 9.59 Å². The highest BCUT2D eigenvalue weighted by Crippen LogP contribution is 2.07. The number of imide groups is 1. The van der Waals surface area contributed by atoms with Crippen LogP contribution in [0.25, 0.3) is 0 Å². The maximum atomic E-state index is 10.2. The van der Waals surface area contributed by atoms with Gasteiger partial charge in [-0.1, -0.05) is 6.92 Å². The standard InChI is InChI=1S/C4H5NO3.C2H5Cl.HO3P/c6-3-1-2-4(7)5(3)8;1-2-3;1-4(2)3/h8H,1-2H2;2H2,1H3;(H-,1,2,3)/p+1. The van der Waals surface area contributed by atoms with Crippen LogP contribution in [-0.4, -0.2) is 37.8 Å². The third-order valence-electron chi connectivity index (χ3n) is 1.03. The van der Waals surface area contributed by atoms with Crippen LogP contribution in [-0.2, 0) is 14.2 Å². The molecule has 1 fully saturated rings. The minimum atomic E-state index is -2.87. The Morgan fingerprint density at radius 3 is 1.60 bits per heavy atom. The number of nitrogens with zero attached hydrogens (tertiary/aromatic N) is 1. The first-order valence-electron chi connectivity index (χ1n) is 3.82. The Morgan fingerprint density at radius 1 is 1.33 bits per heavy atom. The molecule has 0 saturated carbocycles. The highest BCUT2D eigenvalue weighted by atomic mass is 35.5. The summed E-state index contributed by atoms with van der Waals surface area (Å²) in [6, 6.07) is 0. The third kappa shape index (κ3) is 11.3. The Hall–Kier alpha value is -0.590. The van der Waals surface area contributed by atoms with E-state index in [1.807, 2.05) is 6.92 Å². The van der Waals surface area contributed by atoms with Gasteiger partial charge in [0.15, 0.2) is 0 Å². The number of rotatable bonds is 0. The van der Waals surface area contributed by atoms with E-state index in [-0.39, 0.29) is 17.9 Å². The Kier molecular flexibility index (Phi) is 11.2. The van der Waals surface area contributed by atoms with Crippen LogP contribution in [0.3, 0.4) is 0 Å². The van der Waals surface area contributed by atoms with Crippen molar-refractivity contribution in [2.24, 2.45) is 0 Å². The summed E-state index contributed by atoms with van der Waals surface area (Å²) in [4.78, 5) is 34.7. The Labute approximate surface area is 92.2 Å². The van der Waals surface area contributed by atoms with Crippen LogP contribution >= 0.6 is 19.9 Å². The summed E-state index contributed by atoms with van der Waals surface area (Å²) < 4.78 is 8.70. The summed E-state index contributed by atoms with van der Waals surface area (Å²) in [6.45, 7) is 1.89. The lowest BCUT2D eigenvalue weighted by atomic mass is 10.4. The second-order valence-electron chi connectivity index (χ2n) is 2.12. The molecule has 1 saturated heterocycles. The fraction of sp³-hybridized carbons (Fsp3) is 0.667. The van der Waals surface area contributed by atoms with Gasteiger partial charge in [0.05, 0.1) is 0 Å². The second-order valence-corrected chi connectivity index (χ2v) is 3.16. The van der Waals surface area contributed by atoms with Crippen molar-refractivity contribution < 1.29 is 29.1 Å². The van der Waals surface area contributed by atoms with Gasteiger partial charge in [0.1, 0.15) is 0 Å². The predicted molar refractivity (Wildman–Crippen MR) is 51.3 cm³/mol. The number of alkyl halides is 1. The fourth-order valence-corrected chi connectivity index (χ4v) is 0.565. The molecule has 0 aliphatic carbocycles. The molecule has 1 aliphatic rings. The van der Waals surface area contributed by atoms with Crippen LogP contribution in [0, 0.1) is 0 Å². The number of hydrogen-bond acceptors (Lipinski definition) is 4. The molecule has 0 aromatic carbocycles. The zero-order chi connectivity index (χ0) is 12.4. The van der Waals surface area contributed by atoms with Crippen LogP contribution in [0.1, 0.15) is 19.8 Å². The van der Waals surface area contributed by atoms with E-state index in [0.29, 0.717) is 0 Å². The van der Waals surface area contributed by atoms with Gasteiger partial charge in [0.25, 0.3) is 11.8 Å². The van der Waals surface area contributed by atoms with Gasteiger partial charge in [-0.2, -0.15) is 5.06 Å². The maximum Gasteiger partial charge on any atom is 0.692 e. The first-order chi connectivity index (χ1) is 6.86. The Bertz CT molecular complexity index is 216. The van der Waals surface area contributed by atoms with Gasteiger partial charge >= 0.3 is 8.25 Å². The molecule has 1 rings (SSSR count). The number of carbonyl (C=O) groups is 2. The van der Waals surface area contributed by atoms with Crippen molar-refractivity contribution in [3.8, 4) is 0 Å². The molecular weight excluding hydrogens is 248 g/mol. The molecule has 88 valence electrons. The van der Waals surface area contributed by atoms with Gasteiger partial charge in [-0.25, -0.2) is 0 Å². The van der Waals surface area contributed by atoms with Crippen LogP contribution < -0.4 is 0 Å². The first-order valence-corrected chi connectivity index (χ1v) is 5.52. The lowest BCUT2D eigenvalue weighted by Gasteiger charge is -1.98. The van der Waals surface area contributed by atoms with Crippen LogP contribution in [0.15, 0.2) is 0 Å². The largest absolute Gasteiger partial charge is 0.692 e. The number of carbonyl (C=O) groups excluding carboxylic acids is 2. The van der Waals surface area contributed by atoms with E-state index < -0.39 is 20.1 Å². The van der Waals surface area contributed by atoms with Crippen LogP contribution in [0.5, 0.6) is 0 Å². The summed E-state index contributed by atoms with van der Waals surface area (Å²) >= 11 is 5.00. The van der Waals surface area contributed by atoms with E-state index in [0.717, 1.165) is 5.88 Å². The fourth-order valence-electron chi connectivity index (χ4n) is 0.565. The molecule has 15 heavy (non-hydrogen) atoms. The van der Waals surface area contributed by atoms with Crippen molar-refractivity contribution in [2.45, 2.75) is 19.8 Å². The Morgan fingerprint density at radius 2 is 1.53 bits per heavy atom. The lowest BCUT2D eigenvalue weighted by Crippen LogP contribution is -2.24. The number of amides is 2. The van der Waals surface area contributed by atoms with Gasteiger partial charge in [0.2, 0.25) is 0 Å². The van der Waals surface area contributed by atoms with Gasteiger partial charge < -0.3 is 0 Å². The van der Waals surface area contributed by atoms with E-state index in [1.165, 1.54) is 0 Å². The average Bonchev–Trinajstić information content (AvgIpc) is 2.37. The SMILES string of the molecule is CCCl.O=C1CCC(=O)N1O.O=[P+](O)O. The second kappa shape index (κ2) is 9.95. The summed E-state index contributed by atoms with van der Waals surface area (Å²) in [5.74, 6) is -0.287. The van der Waals surface area contributed by atoms with Gasteiger partial charge in [-0.15, -0.1) is 21.4 Å². The topological polar surface area (TPSA) is 115 Å². The summed E-state index contributed by atoms with van der Waals surface area (Å²) in [5.41, 5.74) is 0. The highest BCUT2D eigenvalue weighted by molar-refractivity contribution is 7.30. The minimum Gasteiger partial charge on any atom is -0.279 e. The molecule has 0 unspecified atom stereocenters. The first kappa shape index (κ1) is 16.8. The molecule has 7 nitrogen and oxygen atoms in total. The molecule has 0 spiro atoms. The summed E-state index contributed by atoms with van der Waals surface area (Å²) in [5, 5.41) is 8.57. The van der Waals surface area contributed by atoms with E-state index >= 15 is 0 Å². The van der Waals surface area contributed by atoms with Crippen molar-refractivity contribution in [1.29, 1.82) is 0 Å². The number of hydroxylamine groups is 2. The van der Waals surface area contributed by atoms with Crippen molar-refractivity contribution in [1.82, 2.24) is 5.06 Å². The molecule has 0 atom stereocenters. The zero-order valence-corrected chi connectivity index (χ0v) is 9.61. The molecule has 0 bridgehead atoms. The van der Waals surface area contributed by atoms with Crippen LogP contribution in [0.4, 0.5) is 0 Å². The van der Waals surface area contributed by atoms with Gasteiger partial charge in [-0.3, -0.25) is 14.8 Å². The van der Waals surface area contributed by atoms with Crippen molar-refractivity contribution >= 4 is 31.7 Å². The van der Waals surface area contributed by atoms with E-state index in [2.05, 4.69) is 0 Å². The third-order valence-corrected chi connectivity index (χ3v) is 1.03. The van der Waals surface area contributed by atoms with Crippen molar-refractivity contribution in [3.05, 3.63) is 0 Å². The monoisotopic (exact) mass is 260 g/mol. The lowest BCUT2D eigenvalue weighted by molar-refractivity contribution is -0.171. The molecule has 3 N–H and O–H groups in total. The summed E-state index contributed by atoms with van der Waals surface area (Å²) in [6.07, 6.45) is 0.296. The molecule has 2 amide bonds. The quantitative estimate of drug-likeness (QED) is 0.251. The van der Waals surface area contributed by atoms with Gasteiger partial charge in [-0.05, 0) is 0 Å². The van der Waals surface area contributed by atoms with Gasteiger partial charge in [0, 0.05) is 23.3 Å². The van der Waals surface area contributed by atoms with Crippen molar-refractivity contribution in [3.63, 3.8) is 0 Å². The Balaban J connectivity index is 0. The van der Waals surface area contributed by atoms with Crippen molar-refractivity contribution in [2.75, 3.05) is 5.88 Å². The zero-order valence-electron chi connectivity index (χ0n) is 7.96. The maximum absolute atomic E-state index is 10.2. The molecule has 1 aliphatic heterocycles. The number of hydrogen-bond donors (Lipinski definition) is 3. The smallest absolute Gasteiger partial charge is 0.279 e. The molecular formula is C6H12ClNO6P+.